The SMILES string of the molecule is CCOC(=O)C(=O)CC1=Nc2ccccc2S[C@@H](c2cccc(C)c2)C1. The molecule has 0 saturated carbocycles. The van der Waals surface area contributed by atoms with Crippen molar-refractivity contribution in [3.05, 3.63) is 59.7 Å². The number of thioether (sulfide) groups is 1. The third-order valence-electron chi connectivity index (χ3n) is 4.12. The van der Waals surface area contributed by atoms with Crippen LogP contribution < -0.4 is 0 Å². The molecule has 5 heteroatoms. The van der Waals surface area contributed by atoms with Crippen molar-refractivity contribution in [3.8, 4) is 0 Å². The van der Waals surface area contributed by atoms with Gasteiger partial charge in [-0.2, -0.15) is 0 Å². The van der Waals surface area contributed by atoms with E-state index in [0.29, 0.717) is 12.1 Å². The summed E-state index contributed by atoms with van der Waals surface area (Å²) in [7, 11) is 0. The molecule has 0 radical (unpaired) electrons. The first-order chi connectivity index (χ1) is 12.6. The van der Waals surface area contributed by atoms with E-state index in [4.69, 9.17) is 4.74 Å². The molecule has 0 aliphatic carbocycles. The van der Waals surface area contributed by atoms with Crippen LogP contribution >= 0.6 is 11.8 Å². The number of ether oxygens (including phenoxy) is 1. The number of ketones is 1. The molecular formula is C21H21NO3S. The van der Waals surface area contributed by atoms with Gasteiger partial charge in [0.1, 0.15) is 0 Å². The number of fused-ring (bicyclic) bond motifs is 1. The average molecular weight is 367 g/mol. The maximum atomic E-state index is 12.2. The van der Waals surface area contributed by atoms with E-state index in [9.17, 15) is 9.59 Å². The number of benzene rings is 2. The topological polar surface area (TPSA) is 55.7 Å². The van der Waals surface area contributed by atoms with Gasteiger partial charge in [-0.3, -0.25) is 9.79 Å². The van der Waals surface area contributed by atoms with Crippen LogP contribution in [0.3, 0.4) is 0 Å². The van der Waals surface area contributed by atoms with Gasteiger partial charge in [0.05, 0.1) is 18.7 Å². The van der Waals surface area contributed by atoms with Crippen LogP contribution in [-0.2, 0) is 14.3 Å². The second-order valence-electron chi connectivity index (χ2n) is 6.19. The number of nitrogens with zero attached hydrogens (tertiary/aromatic N) is 1. The zero-order valence-corrected chi connectivity index (χ0v) is 15.7. The van der Waals surface area contributed by atoms with E-state index in [1.807, 2.05) is 30.3 Å². The normalized spacial score (nSPS) is 16.2. The van der Waals surface area contributed by atoms with Crippen molar-refractivity contribution in [1.82, 2.24) is 0 Å². The Bertz CT molecular complexity index is 860. The number of Topliss-reactive ketones (excluding diaryl/α,β-unsaturated/α-hetero) is 1. The number of carbonyl (C=O) groups is 2. The maximum absolute atomic E-state index is 12.2. The van der Waals surface area contributed by atoms with Crippen LogP contribution in [0.4, 0.5) is 5.69 Å². The predicted molar refractivity (Wildman–Crippen MR) is 104 cm³/mol. The van der Waals surface area contributed by atoms with Gasteiger partial charge in [-0.15, -0.1) is 11.8 Å². The highest BCUT2D eigenvalue weighted by Gasteiger charge is 2.25. The number of para-hydroxylation sites is 1. The maximum Gasteiger partial charge on any atom is 0.374 e. The average Bonchev–Trinajstić information content (AvgIpc) is 2.81. The number of carbonyl (C=O) groups excluding carboxylic acids is 2. The van der Waals surface area contributed by atoms with Crippen molar-refractivity contribution in [3.63, 3.8) is 0 Å². The van der Waals surface area contributed by atoms with E-state index in [1.54, 1.807) is 18.7 Å². The molecule has 0 fully saturated rings. The second kappa shape index (κ2) is 8.32. The fourth-order valence-corrected chi connectivity index (χ4v) is 4.17. The van der Waals surface area contributed by atoms with Crippen molar-refractivity contribution >= 4 is 34.9 Å². The van der Waals surface area contributed by atoms with Crippen LogP contribution in [0.5, 0.6) is 0 Å². The zero-order valence-electron chi connectivity index (χ0n) is 14.9. The Hall–Kier alpha value is -2.40. The van der Waals surface area contributed by atoms with Crippen molar-refractivity contribution < 1.29 is 14.3 Å². The molecule has 0 N–H and O–H groups in total. The summed E-state index contributed by atoms with van der Waals surface area (Å²) in [6.45, 7) is 3.95. The van der Waals surface area contributed by atoms with Crippen LogP contribution in [0, 0.1) is 6.92 Å². The first kappa shape index (κ1) is 18.4. The van der Waals surface area contributed by atoms with Gasteiger partial charge >= 0.3 is 5.97 Å². The van der Waals surface area contributed by atoms with E-state index in [-0.39, 0.29) is 18.3 Å². The lowest BCUT2D eigenvalue weighted by Gasteiger charge is -2.16. The summed E-state index contributed by atoms with van der Waals surface area (Å²) in [5.41, 5.74) is 3.95. The van der Waals surface area contributed by atoms with Crippen LogP contribution in [-0.4, -0.2) is 24.1 Å². The highest BCUT2D eigenvalue weighted by atomic mass is 32.2. The Labute approximate surface area is 157 Å². The van der Waals surface area contributed by atoms with Crippen molar-refractivity contribution in [2.75, 3.05) is 6.61 Å². The molecule has 1 atom stereocenters. The monoisotopic (exact) mass is 367 g/mol. The standard InChI is InChI=1S/C21H21NO3S/c1-3-25-21(24)18(23)12-16-13-20(15-8-6-7-14(2)11-15)26-19-10-5-4-9-17(19)22-16/h4-11,20H,3,12-13H2,1-2H3/t20-/m1/s1. The molecule has 0 aromatic heterocycles. The summed E-state index contributed by atoms with van der Waals surface area (Å²) in [6.07, 6.45) is 0.615. The number of aryl methyl sites for hydroxylation is 1. The van der Waals surface area contributed by atoms with Gasteiger partial charge in [0.2, 0.25) is 5.78 Å². The highest BCUT2D eigenvalue weighted by Crippen LogP contribution is 2.45. The lowest BCUT2D eigenvalue weighted by molar-refractivity contribution is -0.152. The third kappa shape index (κ3) is 4.41. The van der Waals surface area contributed by atoms with Crippen molar-refractivity contribution in [2.45, 2.75) is 36.8 Å². The Morgan fingerprint density at radius 2 is 2.00 bits per heavy atom. The predicted octanol–water partition coefficient (Wildman–Crippen LogP) is 4.83. The van der Waals surface area contributed by atoms with Gasteiger partial charge in [0.25, 0.3) is 0 Å². The van der Waals surface area contributed by atoms with Crippen LogP contribution in [0.25, 0.3) is 0 Å². The molecule has 2 aromatic rings. The fraction of sp³-hybridized carbons (Fsp3) is 0.286. The molecule has 0 unspecified atom stereocenters. The third-order valence-corrected chi connectivity index (χ3v) is 5.44. The zero-order chi connectivity index (χ0) is 18.5. The van der Waals surface area contributed by atoms with E-state index >= 15 is 0 Å². The van der Waals surface area contributed by atoms with Gasteiger partial charge in [-0.1, -0.05) is 42.0 Å². The van der Waals surface area contributed by atoms with Gasteiger partial charge in [0.15, 0.2) is 0 Å². The Balaban J connectivity index is 1.91. The Morgan fingerprint density at radius 3 is 2.77 bits per heavy atom. The summed E-state index contributed by atoms with van der Waals surface area (Å²) >= 11 is 1.75. The lowest BCUT2D eigenvalue weighted by Crippen LogP contribution is -2.21. The summed E-state index contributed by atoms with van der Waals surface area (Å²) in [6, 6.07) is 16.3. The molecule has 0 amide bonds. The van der Waals surface area contributed by atoms with E-state index in [1.165, 1.54) is 11.1 Å². The number of hydrogen-bond donors (Lipinski definition) is 0. The number of hydrogen-bond acceptors (Lipinski definition) is 5. The largest absolute Gasteiger partial charge is 0.460 e. The molecule has 4 nitrogen and oxygen atoms in total. The quantitative estimate of drug-likeness (QED) is 0.561. The van der Waals surface area contributed by atoms with E-state index in [0.717, 1.165) is 10.6 Å². The van der Waals surface area contributed by atoms with Gasteiger partial charge in [-0.05, 0) is 31.5 Å². The minimum Gasteiger partial charge on any atom is -0.460 e. The molecule has 26 heavy (non-hydrogen) atoms. The summed E-state index contributed by atoms with van der Waals surface area (Å²) in [4.78, 5) is 29.6. The first-order valence-corrected chi connectivity index (χ1v) is 9.53. The molecule has 2 aromatic carbocycles. The first-order valence-electron chi connectivity index (χ1n) is 8.65. The summed E-state index contributed by atoms with van der Waals surface area (Å²) < 4.78 is 4.82. The Kier molecular flexibility index (Phi) is 5.89. The van der Waals surface area contributed by atoms with E-state index in [2.05, 4.69) is 30.1 Å². The van der Waals surface area contributed by atoms with Crippen LogP contribution in [0.1, 0.15) is 36.1 Å². The molecular weight excluding hydrogens is 346 g/mol. The number of aliphatic imine (C=N–C) groups is 1. The number of esters is 1. The molecule has 134 valence electrons. The minimum atomic E-state index is -0.785. The minimum absolute atomic E-state index is 0.00393. The molecule has 1 aliphatic rings. The lowest BCUT2D eigenvalue weighted by atomic mass is 10.0. The molecule has 0 saturated heterocycles. The smallest absolute Gasteiger partial charge is 0.374 e. The summed E-state index contributed by atoms with van der Waals surface area (Å²) in [5, 5.41) is 0.146. The fourth-order valence-electron chi connectivity index (χ4n) is 2.91. The van der Waals surface area contributed by atoms with Crippen molar-refractivity contribution in [1.29, 1.82) is 0 Å². The molecule has 0 spiro atoms. The Morgan fingerprint density at radius 1 is 1.19 bits per heavy atom. The molecule has 1 heterocycles. The summed E-state index contributed by atoms with van der Waals surface area (Å²) in [5.74, 6) is -1.33. The second-order valence-corrected chi connectivity index (χ2v) is 7.44. The van der Waals surface area contributed by atoms with Gasteiger partial charge in [0, 0.05) is 22.3 Å². The highest BCUT2D eigenvalue weighted by molar-refractivity contribution is 7.99. The van der Waals surface area contributed by atoms with E-state index < -0.39 is 11.8 Å². The van der Waals surface area contributed by atoms with Crippen molar-refractivity contribution in [2.24, 2.45) is 4.99 Å². The molecule has 0 bridgehead atoms. The molecule has 1 aliphatic heterocycles. The van der Waals surface area contributed by atoms with Gasteiger partial charge in [-0.25, -0.2) is 4.79 Å². The van der Waals surface area contributed by atoms with Gasteiger partial charge < -0.3 is 4.74 Å². The molecule has 3 rings (SSSR count). The van der Waals surface area contributed by atoms with Crippen LogP contribution in [0.15, 0.2) is 58.4 Å². The number of rotatable bonds is 5. The van der Waals surface area contributed by atoms with Crippen LogP contribution in [0.2, 0.25) is 0 Å².